The first-order valence-corrected chi connectivity index (χ1v) is 6.21. The van der Waals surface area contributed by atoms with Gasteiger partial charge in [0.05, 0.1) is 12.0 Å². The molecule has 1 rings (SSSR count). The topological polar surface area (TPSA) is 86.3 Å². The Hall–Kier alpha value is -1.82. The largest absolute Gasteiger partial charge is 0.549 e. The molecule has 0 saturated heterocycles. The molecule has 1 unspecified atom stereocenters. The van der Waals surface area contributed by atoms with E-state index in [1.54, 1.807) is 30.3 Å². The molecular formula is C12H12NO4S-. The second-order valence-electron chi connectivity index (χ2n) is 3.54. The van der Waals surface area contributed by atoms with Crippen molar-refractivity contribution in [3.05, 3.63) is 35.9 Å². The predicted octanol–water partition coefficient (Wildman–Crippen LogP) is -0.185. The molecule has 1 aromatic rings. The Morgan fingerprint density at radius 2 is 1.89 bits per heavy atom. The Morgan fingerprint density at radius 1 is 1.28 bits per heavy atom. The SMILES string of the molecule is CC(NC(=O)c1ccccc1)C(=O)SCC(=O)[O-]. The molecule has 0 radical (unpaired) electrons. The number of carbonyl (C=O) groups is 3. The van der Waals surface area contributed by atoms with Crippen molar-refractivity contribution in [3.8, 4) is 0 Å². The minimum atomic E-state index is -1.31. The van der Waals surface area contributed by atoms with E-state index in [9.17, 15) is 19.5 Å². The Bertz CT molecular complexity index is 447. The van der Waals surface area contributed by atoms with Gasteiger partial charge in [-0.3, -0.25) is 9.59 Å². The molecule has 1 aromatic carbocycles. The number of carboxylic acid groups (broad SMARTS) is 1. The fourth-order valence-electron chi connectivity index (χ4n) is 1.18. The fraction of sp³-hybridized carbons (Fsp3) is 0.250. The minimum Gasteiger partial charge on any atom is -0.549 e. The zero-order chi connectivity index (χ0) is 13.5. The fourth-order valence-corrected chi connectivity index (χ4v) is 1.75. The lowest BCUT2D eigenvalue weighted by Gasteiger charge is -2.12. The van der Waals surface area contributed by atoms with Gasteiger partial charge in [-0.15, -0.1) is 0 Å². The number of hydrogen-bond acceptors (Lipinski definition) is 5. The summed E-state index contributed by atoms with van der Waals surface area (Å²) in [5, 5.41) is 12.3. The van der Waals surface area contributed by atoms with Gasteiger partial charge in [-0.2, -0.15) is 0 Å². The van der Waals surface area contributed by atoms with Gasteiger partial charge in [0.25, 0.3) is 5.91 Å². The summed E-state index contributed by atoms with van der Waals surface area (Å²) in [5.41, 5.74) is 0.446. The van der Waals surface area contributed by atoms with Crippen molar-refractivity contribution in [2.45, 2.75) is 13.0 Å². The zero-order valence-electron chi connectivity index (χ0n) is 9.71. The minimum absolute atomic E-state index is 0.370. The van der Waals surface area contributed by atoms with E-state index >= 15 is 0 Å². The predicted molar refractivity (Wildman–Crippen MR) is 65.8 cm³/mol. The van der Waals surface area contributed by atoms with E-state index in [-0.39, 0.29) is 5.91 Å². The average Bonchev–Trinajstić information content (AvgIpc) is 2.36. The molecule has 1 atom stereocenters. The van der Waals surface area contributed by atoms with E-state index in [4.69, 9.17) is 0 Å². The van der Waals surface area contributed by atoms with Crippen LogP contribution in [0.5, 0.6) is 0 Å². The van der Waals surface area contributed by atoms with Gasteiger partial charge in [0.15, 0.2) is 0 Å². The van der Waals surface area contributed by atoms with E-state index in [2.05, 4.69) is 5.32 Å². The summed E-state index contributed by atoms with van der Waals surface area (Å²) in [6.45, 7) is 1.51. The zero-order valence-corrected chi connectivity index (χ0v) is 10.5. The molecule has 5 nitrogen and oxygen atoms in total. The van der Waals surface area contributed by atoms with E-state index in [0.29, 0.717) is 17.3 Å². The number of carboxylic acids is 1. The van der Waals surface area contributed by atoms with E-state index in [1.807, 2.05) is 0 Å². The Labute approximate surface area is 109 Å². The molecule has 0 aliphatic heterocycles. The molecular weight excluding hydrogens is 254 g/mol. The van der Waals surface area contributed by atoms with Gasteiger partial charge in [0.2, 0.25) is 5.12 Å². The maximum atomic E-state index is 11.7. The van der Waals surface area contributed by atoms with Crippen molar-refractivity contribution in [2.75, 3.05) is 5.75 Å². The van der Waals surface area contributed by atoms with Gasteiger partial charge in [-0.1, -0.05) is 30.0 Å². The van der Waals surface area contributed by atoms with Crippen LogP contribution in [-0.4, -0.2) is 28.8 Å². The van der Waals surface area contributed by atoms with Crippen molar-refractivity contribution >= 4 is 28.8 Å². The maximum Gasteiger partial charge on any atom is 0.251 e. The Balaban J connectivity index is 2.49. The van der Waals surface area contributed by atoms with Crippen LogP contribution in [0.2, 0.25) is 0 Å². The summed E-state index contributed by atoms with van der Waals surface area (Å²) in [4.78, 5) is 33.4. The molecule has 1 N–H and O–H groups in total. The average molecular weight is 266 g/mol. The van der Waals surface area contributed by atoms with Gasteiger partial charge < -0.3 is 15.2 Å². The van der Waals surface area contributed by atoms with Crippen molar-refractivity contribution < 1.29 is 19.5 Å². The molecule has 6 heteroatoms. The summed E-state index contributed by atoms with van der Waals surface area (Å²) in [7, 11) is 0. The number of nitrogens with one attached hydrogen (secondary N) is 1. The lowest BCUT2D eigenvalue weighted by Crippen LogP contribution is -2.38. The molecule has 0 spiro atoms. The number of thioether (sulfide) groups is 1. The van der Waals surface area contributed by atoms with Crippen LogP contribution in [0.25, 0.3) is 0 Å². The van der Waals surface area contributed by atoms with Gasteiger partial charge in [-0.25, -0.2) is 0 Å². The highest BCUT2D eigenvalue weighted by Crippen LogP contribution is 2.06. The Morgan fingerprint density at radius 3 is 2.44 bits per heavy atom. The second-order valence-corrected chi connectivity index (χ2v) is 4.52. The Kier molecular flexibility index (Phi) is 5.38. The van der Waals surface area contributed by atoms with Gasteiger partial charge in [-0.05, 0) is 19.1 Å². The van der Waals surface area contributed by atoms with Crippen LogP contribution < -0.4 is 10.4 Å². The lowest BCUT2D eigenvalue weighted by atomic mass is 10.2. The molecule has 0 bridgehead atoms. The summed E-state index contributed by atoms with van der Waals surface area (Å²) < 4.78 is 0. The van der Waals surface area contributed by atoms with Crippen molar-refractivity contribution in [2.24, 2.45) is 0 Å². The van der Waals surface area contributed by atoms with Gasteiger partial charge >= 0.3 is 0 Å². The van der Waals surface area contributed by atoms with Gasteiger partial charge in [0, 0.05) is 11.3 Å². The summed E-state index contributed by atoms with van der Waals surface area (Å²) in [5.74, 6) is -2.09. The van der Waals surface area contributed by atoms with Crippen LogP contribution in [0.1, 0.15) is 17.3 Å². The van der Waals surface area contributed by atoms with Crippen LogP contribution in [0, 0.1) is 0 Å². The molecule has 0 aliphatic carbocycles. The normalized spacial score (nSPS) is 11.6. The van der Waals surface area contributed by atoms with Crippen LogP contribution >= 0.6 is 11.8 Å². The van der Waals surface area contributed by atoms with Crippen molar-refractivity contribution in [3.63, 3.8) is 0 Å². The van der Waals surface area contributed by atoms with Crippen LogP contribution in [-0.2, 0) is 9.59 Å². The van der Waals surface area contributed by atoms with E-state index in [0.717, 1.165) is 0 Å². The van der Waals surface area contributed by atoms with E-state index < -0.39 is 22.9 Å². The van der Waals surface area contributed by atoms with Crippen LogP contribution in [0.15, 0.2) is 30.3 Å². The van der Waals surface area contributed by atoms with E-state index in [1.165, 1.54) is 6.92 Å². The quantitative estimate of drug-likeness (QED) is 0.798. The molecule has 1 amide bonds. The third kappa shape index (κ3) is 4.58. The van der Waals surface area contributed by atoms with Crippen molar-refractivity contribution in [1.29, 1.82) is 0 Å². The molecule has 96 valence electrons. The third-order valence-corrected chi connectivity index (χ3v) is 3.09. The molecule has 0 aromatic heterocycles. The number of rotatable bonds is 5. The molecule has 0 saturated carbocycles. The summed E-state index contributed by atoms with van der Waals surface area (Å²) >= 11 is 0.614. The molecule has 0 heterocycles. The van der Waals surface area contributed by atoms with Gasteiger partial charge in [0.1, 0.15) is 0 Å². The molecule has 0 aliphatic rings. The first-order valence-electron chi connectivity index (χ1n) is 5.23. The second kappa shape index (κ2) is 6.80. The first-order chi connectivity index (χ1) is 8.50. The number of benzene rings is 1. The molecule has 18 heavy (non-hydrogen) atoms. The first kappa shape index (κ1) is 14.2. The van der Waals surface area contributed by atoms with Crippen LogP contribution in [0.4, 0.5) is 0 Å². The lowest BCUT2D eigenvalue weighted by molar-refractivity contribution is -0.301. The number of hydrogen-bond donors (Lipinski definition) is 1. The highest BCUT2D eigenvalue weighted by molar-refractivity contribution is 8.14. The standard InChI is InChI=1S/C12H13NO4S/c1-8(12(17)18-7-10(14)15)13-11(16)9-5-3-2-4-6-9/h2-6,8H,7H2,1H3,(H,13,16)(H,14,15)/p-1. The monoisotopic (exact) mass is 266 g/mol. The summed E-state index contributed by atoms with van der Waals surface area (Å²) in [6.07, 6.45) is 0. The molecule has 0 fully saturated rings. The smallest absolute Gasteiger partial charge is 0.251 e. The highest BCUT2D eigenvalue weighted by Gasteiger charge is 2.16. The highest BCUT2D eigenvalue weighted by atomic mass is 32.2. The number of aliphatic carboxylic acids is 1. The third-order valence-electron chi connectivity index (χ3n) is 2.07. The van der Waals surface area contributed by atoms with Crippen LogP contribution in [0.3, 0.4) is 0 Å². The summed E-state index contributed by atoms with van der Waals surface area (Å²) in [6, 6.07) is 7.71. The van der Waals surface area contributed by atoms with Crippen molar-refractivity contribution in [1.82, 2.24) is 5.32 Å². The maximum absolute atomic E-state index is 11.7. The number of amides is 1. The number of carbonyl (C=O) groups excluding carboxylic acids is 3.